The van der Waals surface area contributed by atoms with E-state index in [-0.39, 0.29) is 12.6 Å². The smallest absolute Gasteiger partial charge is 0.332 e. The van der Waals surface area contributed by atoms with Gasteiger partial charge in [-0.25, -0.2) is 4.79 Å². The van der Waals surface area contributed by atoms with Crippen LogP contribution < -0.4 is 0 Å². The van der Waals surface area contributed by atoms with E-state index in [0.29, 0.717) is 72.7 Å². The zero-order chi connectivity index (χ0) is 18.4. The minimum Gasteiger partial charge on any atom is -0.464 e. The largest absolute Gasteiger partial charge is 0.464 e. The molecule has 0 spiro atoms. The molecule has 0 bridgehead atoms. The summed E-state index contributed by atoms with van der Waals surface area (Å²) in [6, 6.07) is 0. The molecule has 0 N–H and O–H groups in total. The van der Waals surface area contributed by atoms with Crippen molar-refractivity contribution in [2.75, 3.05) is 85.9 Å². The van der Waals surface area contributed by atoms with Gasteiger partial charge in [0.25, 0.3) is 0 Å². The summed E-state index contributed by atoms with van der Waals surface area (Å²) in [5.74, 6) is -0.360. The van der Waals surface area contributed by atoms with Gasteiger partial charge in [0.1, 0.15) is 6.61 Å². The van der Waals surface area contributed by atoms with Gasteiger partial charge in [-0.15, -0.1) is 0 Å². The van der Waals surface area contributed by atoms with Crippen molar-refractivity contribution < 1.29 is 38.0 Å². The van der Waals surface area contributed by atoms with Gasteiger partial charge in [0, 0.05) is 6.61 Å². The fourth-order valence-electron chi connectivity index (χ4n) is 1.60. The molecule has 8 heteroatoms. The highest BCUT2D eigenvalue weighted by molar-refractivity contribution is 5.70. The topological polar surface area (TPSA) is 81.7 Å². The molecule has 150 valence electrons. The molecule has 8 nitrogen and oxygen atoms in total. The standard InChI is InChI=1S/C17H34O8/c1-3-5-19-6-7-20-8-9-21-10-11-22-12-13-23-14-15-24-16-17(18)25-4-2/h3-16H2,1-2H3. The first kappa shape index (κ1) is 24.2. The molecule has 0 heterocycles. The highest BCUT2D eigenvalue weighted by Gasteiger charge is 2.00. The van der Waals surface area contributed by atoms with E-state index in [1.54, 1.807) is 6.92 Å². The second-order valence-electron chi connectivity index (χ2n) is 4.92. The van der Waals surface area contributed by atoms with Crippen LogP contribution in [0.25, 0.3) is 0 Å². The van der Waals surface area contributed by atoms with E-state index in [0.717, 1.165) is 13.0 Å². The Morgan fingerprint density at radius 3 is 1.28 bits per heavy atom. The minimum atomic E-state index is -0.360. The average molecular weight is 366 g/mol. The van der Waals surface area contributed by atoms with E-state index in [2.05, 4.69) is 6.92 Å². The van der Waals surface area contributed by atoms with Gasteiger partial charge in [-0.3, -0.25) is 0 Å². The van der Waals surface area contributed by atoms with Crippen LogP contribution in [0.3, 0.4) is 0 Å². The summed E-state index contributed by atoms with van der Waals surface area (Å²) in [7, 11) is 0. The molecule has 0 fully saturated rings. The van der Waals surface area contributed by atoms with Crippen LogP contribution in [-0.2, 0) is 38.0 Å². The molecule has 0 aliphatic rings. The summed E-state index contributed by atoms with van der Waals surface area (Å²) in [4.78, 5) is 11.0. The molecule has 0 aromatic rings. The van der Waals surface area contributed by atoms with Crippen LogP contribution in [0.1, 0.15) is 20.3 Å². The molecule has 0 saturated carbocycles. The Labute approximate surface area is 151 Å². The fourth-order valence-corrected chi connectivity index (χ4v) is 1.60. The molecule has 0 aliphatic heterocycles. The lowest BCUT2D eigenvalue weighted by Gasteiger charge is -2.08. The van der Waals surface area contributed by atoms with Crippen LogP contribution in [0.15, 0.2) is 0 Å². The average Bonchev–Trinajstić information content (AvgIpc) is 2.61. The van der Waals surface area contributed by atoms with Gasteiger partial charge < -0.3 is 33.2 Å². The maximum absolute atomic E-state index is 11.0. The highest BCUT2D eigenvalue weighted by atomic mass is 16.6. The van der Waals surface area contributed by atoms with Crippen molar-refractivity contribution in [3.05, 3.63) is 0 Å². The van der Waals surface area contributed by atoms with Gasteiger partial charge in [0.05, 0.1) is 72.7 Å². The first-order chi connectivity index (χ1) is 12.3. The van der Waals surface area contributed by atoms with Crippen molar-refractivity contribution in [3.8, 4) is 0 Å². The van der Waals surface area contributed by atoms with E-state index in [4.69, 9.17) is 33.2 Å². The Morgan fingerprint density at radius 2 is 0.920 bits per heavy atom. The van der Waals surface area contributed by atoms with Gasteiger partial charge in [-0.2, -0.15) is 0 Å². The van der Waals surface area contributed by atoms with Crippen LogP contribution in [0.5, 0.6) is 0 Å². The number of ether oxygens (including phenoxy) is 7. The molecule has 0 aromatic heterocycles. The second-order valence-corrected chi connectivity index (χ2v) is 4.92. The van der Waals surface area contributed by atoms with E-state index in [1.807, 2.05) is 0 Å². The van der Waals surface area contributed by atoms with Crippen molar-refractivity contribution in [2.24, 2.45) is 0 Å². The third-order valence-corrected chi connectivity index (χ3v) is 2.73. The van der Waals surface area contributed by atoms with Crippen LogP contribution in [0, 0.1) is 0 Å². The van der Waals surface area contributed by atoms with E-state index in [1.165, 1.54) is 0 Å². The van der Waals surface area contributed by atoms with Crippen molar-refractivity contribution in [1.82, 2.24) is 0 Å². The van der Waals surface area contributed by atoms with Crippen LogP contribution in [0.4, 0.5) is 0 Å². The number of hydrogen-bond acceptors (Lipinski definition) is 8. The molecule has 25 heavy (non-hydrogen) atoms. The number of carbonyl (C=O) groups is 1. The normalized spacial score (nSPS) is 11.0. The molecular weight excluding hydrogens is 332 g/mol. The summed E-state index contributed by atoms with van der Waals surface area (Å²) in [6.45, 7) is 10.0. The Bertz CT molecular complexity index is 275. The van der Waals surface area contributed by atoms with Gasteiger partial charge >= 0.3 is 5.97 Å². The third kappa shape index (κ3) is 21.2. The Balaban J connectivity index is 3.02. The molecule has 0 rings (SSSR count). The molecule has 0 radical (unpaired) electrons. The first-order valence-corrected chi connectivity index (χ1v) is 8.93. The lowest BCUT2D eigenvalue weighted by Crippen LogP contribution is -2.16. The van der Waals surface area contributed by atoms with Gasteiger partial charge in [-0.1, -0.05) is 6.92 Å². The van der Waals surface area contributed by atoms with Crippen molar-refractivity contribution in [1.29, 1.82) is 0 Å². The number of carbonyl (C=O) groups excluding carboxylic acids is 1. The van der Waals surface area contributed by atoms with E-state index < -0.39 is 0 Å². The van der Waals surface area contributed by atoms with Crippen LogP contribution in [-0.4, -0.2) is 91.9 Å². The number of rotatable bonds is 20. The summed E-state index contributed by atoms with van der Waals surface area (Å²) in [5, 5.41) is 0. The Kier molecular flexibility index (Phi) is 20.6. The molecule has 0 atom stereocenters. The molecule has 0 aliphatic carbocycles. The SMILES string of the molecule is CCCOCCOCCOCCOCCOCCOCC(=O)OCC. The first-order valence-electron chi connectivity index (χ1n) is 8.93. The van der Waals surface area contributed by atoms with Gasteiger partial charge in [0.2, 0.25) is 0 Å². The van der Waals surface area contributed by atoms with Crippen LogP contribution >= 0.6 is 0 Å². The summed E-state index contributed by atoms with van der Waals surface area (Å²) in [6.07, 6.45) is 1.03. The highest BCUT2D eigenvalue weighted by Crippen LogP contribution is 1.86. The lowest BCUT2D eigenvalue weighted by molar-refractivity contribution is -0.149. The van der Waals surface area contributed by atoms with Crippen LogP contribution in [0.2, 0.25) is 0 Å². The van der Waals surface area contributed by atoms with Crippen molar-refractivity contribution in [2.45, 2.75) is 20.3 Å². The quantitative estimate of drug-likeness (QED) is 0.234. The van der Waals surface area contributed by atoms with E-state index >= 15 is 0 Å². The molecule has 0 amide bonds. The monoisotopic (exact) mass is 366 g/mol. The van der Waals surface area contributed by atoms with Gasteiger partial charge in [-0.05, 0) is 13.3 Å². The van der Waals surface area contributed by atoms with Crippen molar-refractivity contribution >= 4 is 5.97 Å². The Morgan fingerprint density at radius 1 is 0.560 bits per heavy atom. The summed E-state index contributed by atoms with van der Waals surface area (Å²) < 4.78 is 36.5. The molecule has 0 saturated heterocycles. The fraction of sp³-hybridized carbons (Fsp3) is 0.941. The summed E-state index contributed by atoms with van der Waals surface area (Å²) in [5.41, 5.74) is 0. The zero-order valence-electron chi connectivity index (χ0n) is 15.7. The molecule has 0 unspecified atom stereocenters. The predicted molar refractivity (Wildman–Crippen MR) is 91.8 cm³/mol. The molecule has 0 aromatic carbocycles. The zero-order valence-corrected chi connectivity index (χ0v) is 15.7. The maximum atomic E-state index is 11.0. The second kappa shape index (κ2) is 21.3. The third-order valence-electron chi connectivity index (χ3n) is 2.73. The molecular formula is C17H34O8. The number of hydrogen-bond donors (Lipinski definition) is 0. The number of esters is 1. The Hall–Kier alpha value is -0.770. The maximum Gasteiger partial charge on any atom is 0.332 e. The van der Waals surface area contributed by atoms with Crippen molar-refractivity contribution in [3.63, 3.8) is 0 Å². The lowest BCUT2D eigenvalue weighted by atomic mass is 10.5. The predicted octanol–water partition coefficient (Wildman–Crippen LogP) is 1.06. The van der Waals surface area contributed by atoms with E-state index in [9.17, 15) is 4.79 Å². The van der Waals surface area contributed by atoms with Gasteiger partial charge in [0.15, 0.2) is 0 Å². The summed E-state index contributed by atoms with van der Waals surface area (Å²) >= 11 is 0. The minimum absolute atomic E-state index is 0.0412.